The van der Waals surface area contributed by atoms with E-state index in [1.807, 2.05) is 18.2 Å². The van der Waals surface area contributed by atoms with Crippen LogP contribution in [0.1, 0.15) is 30.9 Å². The largest absolute Gasteiger partial charge is 0.496 e. The first-order valence-corrected chi connectivity index (χ1v) is 7.34. The first kappa shape index (κ1) is 14.0. The summed E-state index contributed by atoms with van der Waals surface area (Å²) in [6, 6.07) is 5.84. The van der Waals surface area contributed by atoms with Crippen molar-refractivity contribution in [3.8, 4) is 5.75 Å². The Morgan fingerprint density at radius 2 is 2.00 bits per heavy atom. The minimum atomic E-state index is -3.19. The molecule has 4 nitrogen and oxygen atoms in total. The zero-order chi connectivity index (χ0) is 13.1. The van der Waals surface area contributed by atoms with E-state index in [0.717, 1.165) is 17.4 Å². The minimum Gasteiger partial charge on any atom is -0.496 e. The summed E-state index contributed by atoms with van der Waals surface area (Å²) in [6.45, 7) is 4.44. The van der Waals surface area contributed by atoms with Gasteiger partial charge in [-0.1, -0.05) is 26.0 Å². The fourth-order valence-electron chi connectivity index (χ4n) is 1.50. The van der Waals surface area contributed by atoms with Crippen molar-refractivity contribution in [2.75, 3.05) is 13.4 Å². The SMILES string of the molecule is COc1ccc(C(C)C)cc1CNS(C)(=O)=O. The fraction of sp³-hybridized carbons (Fsp3) is 0.500. The topological polar surface area (TPSA) is 55.4 Å². The highest BCUT2D eigenvalue weighted by atomic mass is 32.2. The molecule has 0 fully saturated rings. The van der Waals surface area contributed by atoms with Crippen LogP contribution in [-0.2, 0) is 16.6 Å². The third kappa shape index (κ3) is 4.36. The van der Waals surface area contributed by atoms with Crippen molar-refractivity contribution in [2.24, 2.45) is 0 Å². The van der Waals surface area contributed by atoms with Gasteiger partial charge in [-0.3, -0.25) is 0 Å². The lowest BCUT2D eigenvalue weighted by Gasteiger charge is -2.12. The molecular formula is C12H19NO3S. The predicted octanol–water partition coefficient (Wildman–Crippen LogP) is 1.87. The fourth-order valence-corrected chi connectivity index (χ4v) is 1.92. The average molecular weight is 257 g/mol. The van der Waals surface area contributed by atoms with Crippen LogP contribution in [0.15, 0.2) is 18.2 Å². The summed E-state index contributed by atoms with van der Waals surface area (Å²) in [7, 11) is -1.61. The summed E-state index contributed by atoms with van der Waals surface area (Å²) in [5.74, 6) is 1.10. The molecule has 0 bridgehead atoms. The van der Waals surface area contributed by atoms with E-state index in [9.17, 15) is 8.42 Å². The van der Waals surface area contributed by atoms with Gasteiger partial charge in [-0.2, -0.15) is 0 Å². The third-order valence-corrected chi connectivity index (χ3v) is 3.16. The lowest BCUT2D eigenvalue weighted by Crippen LogP contribution is -2.21. The molecule has 0 atom stereocenters. The number of methoxy groups -OCH3 is 1. The van der Waals surface area contributed by atoms with Crippen LogP contribution < -0.4 is 9.46 Å². The molecule has 0 aromatic heterocycles. The molecule has 1 N–H and O–H groups in total. The Balaban J connectivity index is 2.98. The van der Waals surface area contributed by atoms with Crippen LogP contribution in [0.3, 0.4) is 0 Å². The molecule has 1 aromatic carbocycles. The van der Waals surface area contributed by atoms with E-state index in [1.165, 1.54) is 0 Å². The molecule has 1 rings (SSSR count). The molecule has 0 saturated carbocycles. The lowest BCUT2D eigenvalue weighted by molar-refractivity contribution is 0.409. The molecule has 0 aliphatic heterocycles. The quantitative estimate of drug-likeness (QED) is 0.876. The Kier molecular flexibility index (Phi) is 4.54. The monoisotopic (exact) mass is 257 g/mol. The molecule has 0 unspecified atom stereocenters. The van der Waals surface area contributed by atoms with E-state index in [1.54, 1.807) is 7.11 Å². The van der Waals surface area contributed by atoms with Gasteiger partial charge in [0, 0.05) is 12.1 Å². The maximum absolute atomic E-state index is 11.1. The van der Waals surface area contributed by atoms with Gasteiger partial charge < -0.3 is 4.74 Å². The van der Waals surface area contributed by atoms with Crippen molar-refractivity contribution < 1.29 is 13.2 Å². The third-order valence-electron chi connectivity index (χ3n) is 2.50. The lowest BCUT2D eigenvalue weighted by atomic mass is 10.0. The summed E-state index contributed by atoms with van der Waals surface area (Å²) in [4.78, 5) is 0. The smallest absolute Gasteiger partial charge is 0.209 e. The van der Waals surface area contributed by atoms with E-state index in [-0.39, 0.29) is 6.54 Å². The van der Waals surface area contributed by atoms with Crippen molar-refractivity contribution in [1.29, 1.82) is 0 Å². The summed E-state index contributed by atoms with van der Waals surface area (Å²) in [6.07, 6.45) is 1.14. The van der Waals surface area contributed by atoms with Crippen LogP contribution in [0.5, 0.6) is 5.75 Å². The van der Waals surface area contributed by atoms with Crippen molar-refractivity contribution in [3.05, 3.63) is 29.3 Å². The normalized spacial score (nSPS) is 11.8. The molecule has 0 heterocycles. The molecular weight excluding hydrogens is 238 g/mol. The average Bonchev–Trinajstić information content (AvgIpc) is 2.24. The highest BCUT2D eigenvalue weighted by molar-refractivity contribution is 7.88. The molecule has 5 heteroatoms. The molecule has 0 radical (unpaired) electrons. The molecule has 0 aliphatic carbocycles. The number of sulfonamides is 1. The molecule has 0 aliphatic rings. The van der Waals surface area contributed by atoms with Gasteiger partial charge in [-0.15, -0.1) is 0 Å². The Labute approximate surface area is 103 Å². The van der Waals surface area contributed by atoms with Gasteiger partial charge >= 0.3 is 0 Å². The van der Waals surface area contributed by atoms with Gasteiger partial charge in [0.15, 0.2) is 0 Å². The Morgan fingerprint density at radius 3 is 2.47 bits per heavy atom. The van der Waals surface area contributed by atoms with Crippen LogP contribution in [0.2, 0.25) is 0 Å². The second-order valence-corrected chi connectivity index (χ2v) is 6.15. The minimum absolute atomic E-state index is 0.253. The molecule has 17 heavy (non-hydrogen) atoms. The van der Waals surface area contributed by atoms with Gasteiger partial charge in [0.1, 0.15) is 5.75 Å². The van der Waals surface area contributed by atoms with Gasteiger partial charge in [0.05, 0.1) is 13.4 Å². The standard InChI is InChI=1S/C12H19NO3S/c1-9(2)10-5-6-12(16-3)11(7-10)8-13-17(4,14)15/h5-7,9,13H,8H2,1-4H3. The van der Waals surface area contributed by atoms with Crippen LogP contribution in [0.4, 0.5) is 0 Å². The van der Waals surface area contributed by atoms with E-state index < -0.39 is 10.0 Å². The first-order chi connectivity index (χ1) is 7.83. The number of ether oxygens (including phenoxy) is 1. The number of hydrogen-bond donors (Lipinski definition) is 1. The Morgan fingerprint density at radius 1 is 1.35 bits per heavy atom. The molecule has 1 aromatic rings. The Hall–Kier alpha value is -1.07. The van der Waals surface area contributed by atoms with E-state index >= 15 is 0 Å². The highest BCUT2D eigenvalue weighted by Crippen LogP contribution is 2.24. The van der Waals surface area contributed by atoms with Gasteiger partial charge in [0.2, 0.25) is 10.0 Å². The van der Waals surface area contributed by atoms with Crippen LogP contribution >= 0.6 is 0 Å². The first-order valence-electron chi connectivity index (χ1n) is 5.45. The van der Waals surface area contributed by atoms with Gasteiger partial charge in [-0.05, 0) is 17.5 Å². The zero-order valence-corrected chi connectivity index (χ0v) is 11.5. The molecule has 0 saturated heterocycles. The van der Waals surface area contributed by atoms with E-state index in [0.29, 0.717) is 11.7 Å². The summed E-state index contributed by atoms with van der Waals surface area (Å²) in [5.41, 5.74) is 2.01. The van der Waals surface area contributed by atoms with Crippen LogP contribution in [0.25, 0.3) is 0 Å². The predicted molar refractivity (Wildman–Crippen MR) is 68.8 cm³/mol. The number of rotatable bonds is 5. The Bertz CT molecular complexity index is 481. The summed E-state index contributed by atoms with van der Waals surface area (Å²) >= 11 is 0. The van der Waals surface area contributed by atoms with Crippen molar-refractivity contribution in [2.45, 2.75) is 26.3 Å². The second-order valence-electron chi connectivity index (χ2n) is 4.32. The van der Waals surface area contributed by atoms with Gasteiger partial charge in [0.25, 0.3) is 0 Å². The summed E-state index contributed by atoms with van der Waals surface area (Å²) in [5, 5.41) is 0. The number of hydrogen-bond acceptors (Lipinski definition) is 3. The van der Waals surface area contributed by atoms with Crippen LogP contribution in [0, 0.1) is 0 Å². The van der Waals surface area contributed by atoms with Crippen LogP contribution in [-0.4, -0.2) is 21.8 Å². The van der Waals surface area contributed by atoms with Crippen molar-refractivity contribution in [3.63, 3.8) is 0 Å². The summed E-state index contributed by atoms with van der Waals surface area (Å²) < 4.78 is 29.8. The van der Waals surface area contributed by atoms with Crippen molar-refractivity contribution in [1.82, 2.24) is 4.72 Å². The maximum Gasteiger partial charge on any atom is 0.209 e. The van der Waals surface area contributed by atoms with E-state index in [4.69, 9.17) is 4.74 Å². The van der Waals surface area contributed by atoms with Crippen molar-refractivity contribution >= 4 is 10.0 Å². The van der Waals surface area contributed by atoms with E-state index in [2.05, 4.69) is 18.6 Å². The maximum atomic E-state index is 11.1. The number of benzene rings is 1. The molecule has 96 valence electrons. The van der Waals surface area contributed by atoms with Gasteiger partial charge in [-0.25, -0.2) is 13.1 Å². The molecule has 0 spiro atoms. The molecule has 0 amide bonds. The number of nitrogens with one attached hydrogen (secondary N) is 1. The zero-order valence-electron chi connectivity index (χ0n) is 10.6. The highest BCUT2D eigenvalue weighted by Gasteiger charge is 2.09. The second kappa shape index (κ2) is 5.51.